The smallest absolute Gasteiger partial charge is 0.322 e. The van der Waals surface area contributed by atoms with Crippen molar-refractivity contribution in [3.8, 4) is 0 Å². The first-order valence-electron chi connectivity index (χ1n) is 11.5. The number of rotatable bonds is 15. The largest absolute Gasteiger partial charge is 0.480 e. The Balaban J connectivity index is 2.22. The van der Waals surface area contributed by atoms with Crippen LogP contribution < -0.4 is 33.2 Å². The van der Waals surface area contributed by atoms with E-state index in [0.717, 1.165) is 16.5 Å². The Bertz CT molecular complexity index is 1090. The fourth-order valence-electron chi connectivity index (χ4n) is 3.64. The topological polar surface area (TPSA) is 236 Å². The van der Waals surface area contributed by atoms with E-state index in [-0.39, 0.29) is 12.8 Å². The van der Waals surface area contributed by atoms with Crippen LogP contribution in [-0.2, 0) is 30.4 Å². The van der Waals surface area contributed by atoms with Gasteiger partial charge < -0.3 is 43.2 Å². The van der Waals surface area contributed by atoms with Crippen LogP contribution in [-0.4, -0.2) is 70.9 Å². The molecule has 0 aliphatic carbocycles. The van der Waals surface area contributed by atoms with Crippen LogP contribution >= 0.6 is 0 Å². The lowest BCUT2D eigenvalue weighted by Crippen LogP contribution is -2.56. The predicted molar refractivity (Wildman–Crippen MR) is 131 cm³/mol. The summed E-state index contributed by atoms with van der Waals surface area (Å²) in [5.41, 5.74) is 17.9. The maximum Gasteiger partial charge on any atom is 0.322 e. The molecule has 0 bridgehead atoms. The fraction of sp³-hybridized carbons (Fsp3) is 0.435. The minimum Gasteiger partial charge on any atom is -0.480 e. The summed E-state index contributed by atoms with van der Waals surface area (Å²) in [6.45, 7) is -0.248. The minimum absolute atomic E-state index is 0.0614. The van der Waals surface area contributed by atoms with Gasteiger partial charge in [-0.05, 0) is 37.4 Å². The van der Waals surface area contributed by atoms with Crippen molar-refractivity contribution >= 4 is 40.5 Å². The number of carbonyl (C=O) groups excluding carboxylic acids is 4. The third-order valence-electron chi connectivity index (χ3n) is 5.48. The number of aliphatic carboxylic acids is 1. The Morgan fingerprint density at radius 3 is 2.33 bits per heavy atom. The number of aromatic amines is 1. The van der Waals surface area contributed by atoms with Crippen molar-refractivity contribution in [3.63, 3.8) is 0 Å². The summed E-state index contributed by atoms with van der Waals surface area (Å²) in [6.07, 6.45) is 2.66. The zero-order chi connectivity index (χ0) is 26.7. The quantitative estimate of drug-likeness (QED) is 0.129. The number of hydrogen-bond acceptors (Lipinski definition) is 7. The highest BCUT2D eigenvalue weighted by molar-refractivity contribution is 5.95. The number of nitrogens with two attached hydrogens (primary N) is 3. The average molecular weight is 504 g/mol. The van der Waals surface area contributed by atoms with Crippen LogP contribution in [0, 0.1) is 0 Å². The third kappa shape index (κ3) is 8.67. The van der Waals surface area contributed by atoms with Gasteiger partial charge in [0.1, 0.15) is 18.6 Å². The summed E-state index contributed by atoms with van der Waals surface area (Å²) in [5.74, 6) is -4.12. The summed E-state index contributed by atoms with van der Waals surface area (Å²) in [6, 6.07) is 3.94. The number of unbranched alkanes of at least 4 members (excludes halogenated alkanes) is 1. The maximum atomic E-state index is 13.2. The van der Waals surface area contributed by atoms with E-state index < -0.39 is 60.7 Å². The van der Waals surface area contributed by atoms with Crippen molar-refractivity contribution in [1.29, 1.82) is 0 Å². The lowest BCUT2D eigenvalue weighted by atomic mass is 10.0. The first-order valence-corrected chi connectivity index (χ1v) is 11.5. The molecule has 13 nitrogen and oxygen atoms in total. The van der Waals surface area contributed by atoms with Crippen molar-refractivity contribution in [1.82, 2.24) is 20.9 Å². The van der Waals surface area contributed by atoms with Crippen LogP contribution in [0.2, 0.25) is 0 Å². The number of H-pyrrole nitrogens is 1. The molecule has 1 heterocycles. The second kappa shape index (κ2) is 13.8. The molecule has 4 amide bonds. The van der Waals surface area contributed by atoms with Gasteiger partial charge in [0.15, 0.2) is 0 Å². The second-order valence-electron chi connectivity index (χ2n) is 8.36. The van der Waals surface area contributed by atoms with Crippen LogP contribution in [0.15, 0.2) is 30.5 Å². The maximum absolute atomic E-state index is 13.2. The first-order chi connectivity index (χ1) is 17.1. The molecule has 0 aliphatic heterocycles. The highest BCUT2D eigenvalue weighted by atomic mass is 16.4. The van der Waals surface area contributed by atoms with E-state index in [1.165, 1.54) is 0 Å². The van der Waals surface area contributed by atoms with Gasteiger partial charge in [-0.2, -0.15) is 0 Å². The summed E-state index contributed by atoms with van der Waals surface area (Å²) >= 11 is 0. The normalized spacial score (nSPS) is 13.4. The summed E-state index contributed by atoms with van der Waals surface area (Å²) in [5, 5.41) is 17.2. The van der Waals surface area contributed by atoms with E-state index >= 15 is 0 Å². The molecule has 1 aromatic heterocycles. The summed E-state index contributed by atoms with van der Waals surface area (Å²) < 4.78 is 0. The Labute approximate surface area is 207 Å². The zero-order valence-electron chi connectivity index (χ0n) is 19.8. The van der Waals surface area contributed by atoms with E-state index in [9.17, 15) is 24.0 Å². The molecular formula is C23H33N7O6. The monoisotopic (exact) mass is 503 g/mol. The van der Waals surface area contributed by atoms with Gasteiger partial charge in [0, 0.05) is 23.5 Å². The van der Waals surface area contributed by atoms with Crippen LogP contribution in [0.1, 0.15) is 31.2 Å². The fourth-order valence-corrected chi connectivity index (χ4v) is 3.64. The number of benzene rings is 1. The number of carboxylic acid groups (broad SMARTS) is 1. The minimum atomic E-state index is -1.24. The van der Waals surface area contributed by atoms with Gasteiger partial charge >= 0.3 is 5.97 Å². The van der Waals surface area contributed by atoms with Crippen molar-refractivity contribution in [3.05, 3.63) is 36.0 Å². The van der Waals surface area contributed by atoms with E-state index in [4.69, 9.17) is 22.3 Å². The van der Waals surface area contributed by atoms with Gasteiger partial charge in [-0.15, -0.1) is 0 Å². The lowest BCUT2D eigenvalue weighted by Gasteiger charge is -2.24. The van der Waals surface area contributed by atoms with Gasteiger partial charge in [0.2, 0.25) is 23.6 Å². The molecule has 0 radical (unpaired) electrons. The number of hydrogen-bond donors (Lipinski definition) is 8. The lowest BCUT2D eigenvalue weighted by molar-refractivity contribution is -0.138. The molecule has 3 atom stereocenters. The average Bonchev–Trinajstić information content (AvgIpc) is 3.23. The molecule has 0 saturated heterocycles. The molecule has 3 unspecified atom stereocenters. The molecule has 0 fully saturated rings. The molecule has 0 saturated carbocycles. The van der Waals surface area contributed by atoms with E-state index in [1.807, 2.05) is 24.3 Å². The number of primary amides is 1. The van der Waals surface area contributed by atoms with Crippen LogP contribution in [0.4, 0.5) is 0 Å². The number of carbonyl (C=O) groups is 5. The molecule has 13 heteroatoms. The molecule has 1 aromatic carbocycles. The number of aromatic nitrogens is 1. The van der Waals surface area contributed by atoms with Gasteiger partial charge in [-0.25, -0.2) is 0 Å². The number of amides is 4. The van der Waals surface area contributed by atoms with Crippen LogP contribution in [0.25, 0.3) is 10.9 Å². The molecule has 2 rings (SSSR count). The van der Waals surface area contributed by atoms with Gasteiger partial charge in [-0.1, -0.05) is 18.2 Å². The standard InChI is InChI=1S/C23H33N7O6/c24-8-4-3-7-17(29-21(34)15(25)10-19(26)31)23(36)30-18(22(35)28-12-20(32)33)9-13-11-27-16-6-2-1-5-14(13)16/h1-2,5-6,11,15,17-18,27H,3-4,7-10,12,24-25H2,(H2,26,31)(H,28,35)(H,29,34)(H,30,36)(H,32,33). The predicted octanol–water partition coefficient (Wildman–Crippen LogP) is -1.79. The Morgan fingerprint density at radius 1 is 0.972 bits per heavy atom. The highest BCUT2D eigenvalue weighted by Gasteiger charge is 2.29. The molecule has 0 spiro atoms. The zero-order valence-corrected chi connectivity index (χ0v) is 19.8. The first kappa shape index (κ1) is 28.3. The molecule has 36 heavy (non-hydrogen) atoms. The number of carboxylic acids is 1. The molecule has 2 aromatic rings. The van der Waals surface area contributed by atoms with E-state index in [2.05, 4.69) is 20.9 Å². The Hall–Kier alpha value is -3.97. The third-order valence-corrected chi connectivity index (χ3v) is 5.48. The number of nitrogens with one attached hydrogen (secondary N) is 4. The highest BCUT2D eigenvalue weighted by Crippen LogP contribution is 2.19. The molecular weight excluding hydrogens is 470 g/mol. The van der Waals surface area contributed by atoms with E-state index in [0.29, 0.717) is 19.4 Å². The van der Waals surface area contributed by atoms with Gasteiger partial charge in [0.25, 0.3) is 0 Å². The number of fused-ring (bicyclic) bond motifs is 1. The van der Waals surface area contributed by atoms with Crippen molar-refractivity contribution in [2.75, 3.05) is 13.1 Å². The molecule has 0 aliphatic rings. The second-order valence-corrected chi connectivity index (χ2v) is 8.36. The van der Waals surface area contributed by atoms with Gasteiger partial charge in [0.05, 0.1) is 12.5 Å². The Morgan fingerprint density at radius 2 is 1.67 bits per heavy atom. The molecule has 196 valence electrons. The van der Waals surface area contributed by atoms with Crippen molar-refractivity contribution in [2.24, 2.45) is 17.2 Å². The number of para-hydroxylation sites is 1. The Kier molecular flexibility index (Phi) is 10.8. The van der Waals surface area contributed by atoms with Crippen LogP contribution in [0.3, 0.4) is 0 Å². The van der Waals surface area contributed by atoms with Crippen LogP contribution in [0.5, 0.6) is 0 Å². The summed E-state index contributed by atoms with van der Waals surface area (Å²) in [4.78, 5) is 63.5. The summed E-state index contributed by atoms with van der Waals surface area (Å²) in [7, 11) is 0. The van der Waals surface area contributed by atoms with E-state index in [1.54, 1.807) is 6.20 Å². The molecule has 11 N–H and O–H groups in total. The van der Waals surface area contributed by atoms with Crippen molar-refractivity contribution < 1.29 is 29.1 Å². The van der Waals surface area contributed by atoms with Gasteiger partial charge in [-0.3, -0.25) is 24.0 Å². The van der Waals surface area contributed by atoms with Crippen molar-refractivity contribution in [2.45, 2.75) is 50.2 Å². The SMILES string of the molecule is NCCCCC(NC(=O)C(N)CC(N)=O)C(=O)NC(Cc1c[nH]c2ccccc12)C(=O)NCC(=O)O.